The molecule has 8 nitrogen and oxygen atoms in total. The molecule has 1 fully saturated rings. The van der Waals surface area contributed by atoms with Crippen molar-refractivity contribution in [1.82, 2.24) is 24.8 Å². The molecular weight excluding hydrogens is 414 g/mol. The Bertz CT molecular complexity index is 1090. The second-order valence-electron chi connectivity index (χ2n) is 7.87. The van der Waals surface area contributed by atoms with Gasteiger partial charge in [-0.1, -0.05) is 35.0 Å². The minimum absolute atomic E-state index is 0.0185. The molecule has 3 aromatic rings. The molecule has 9 heteroatoms. The van der Waals surface area contributed by atoms with Crippen molar-refractivity contribution in [3.8, 4) is 0 Å². The maximum absolute atomic E-state index is 13.1. The number of rotatable bonds is 3. The van der Waals surface area contributed by atoms with Gasteiger partial charge in [-0.25, -0.2) is 4.68 Å². The van der Waals surface area contributed by atoms with Crippen molar-refractivity contribution in [2.45, 2.75) is 26.2 Å². The number of ether oxygens (including phenoxy) is 1. The average Bonchev–Trinajstić information content (AvgIpc) is 3.49. The molecule has 2 amide bonds. The van der Waals surface area contributed by atoms with E-state index in [9.17, 15) is 9.59 Å². The van der Waals surface area contributed by atoms with Crippen LogP contribution in [-0.4, -0.2) is 62.8 Å². The van der Waals surface area contributed by atoms with Gasteiger partial charge in [0.1, 0.15) is 6.10 Å². The summed E-state index contributed by atoms with van der Waals surface area (Å²) in [6, 6.07) is 10.1. The number of carbonyl (C=O) groups excluding carboxylic acids is 2. The summed E-state index contributed by atoms with van der Waals surface area (Å²) in [5.74, 6) is -0.133. The molecule has 2 aliphatic heterocycles. The van der Waals surface area contributed by atoms with E-state index in [1.807, 2.05) is 16.8 Å². The van der Waals surface area contributed by atoms with Crippen molar-refractivity contribution in [3.63, 3.8) is 0 Å². The predicted molar refractivity (Wildman–Crippen MR) is 115 cm³/mol. The molecule has 0 bridgehead atoms. The van der Waals surface area contributed by atoms with Crippen LogP contribution in [0.15, 0.2) is 41.1 Å². The number of carbonyl (C=O) groups is 2. The van der Waals surface area contributed by atoms with Crippen molar-refractivity contribution in [2.24, 2.45) is 0 Å². The molecule has 1 aromatic carbocycles. The molecule has 31 heavy (non-hydrogen) atoms. The minimum atomic E-state index is -0.152. The lowest BCUT2D eigenvalue weighted by atomic mass is 10.1. The molecule has 0 N–H and O–H groups in total. The van der Waals surface area contributed by atoms with Gasteiger partial charge in [0.2, 0.25) is 0 Å². The van der Waals surface area contributed by atoms with E-state index in [1.165, 1.54) is 16.9 Å². The highest BCUT2D eigenvalue weighted by molar-refractivity contribution is 7.08. The molecule has 1 saturated heterocycles. The number of piperazine rings is 1. The first-order valence-electron chi connectivity index (χ1n) is 10.3. The van der Waals surface area contributed by atoms with E-state index in [1.54, 1.807) is 14.5 Å². The first kappa shape index (κ1) is 19.9. The van der Waals surface area contributed by atoms with E-state index in [0.29, 0.717) is 56.3 Å². The molecular formula is C22H23N5O3S. The number of hydrogen-bond acceptors (Lipinski definition) is 6. The Labute approximate surface area is 184 Å². The SMILES string of the molecule is Cc1ccc([C@@H]2Cn3nnc(C(=O)N4CCN(C(=O)c5ccsc5)CC4)c3CO2)cc1. The zero-order valence-corrected chi connectivity index (χ0v) is 18.0. The number of nitrogens with zero attached hydrogens (tertiary/aromatic N) is 5. The van der Waals surface area contributed by atoms with Gasteiger partial charge in [0.05, 0.1) is 24.4 Å². The molecule has 0 radical (unpaired) electrons. The van der Waals surface area contributed by atoms with Gasteiger partial charge in [-0.2, -0.15) is 11.3 Å². The third-order valence-electron chi connectivity index (χ3n) is 5.87. The van der Waals surface area contributed by atoms with E-state index in [4.69, 9.17) is 4.74 Å². The summed E-state index contributed by atoms with van der Waals surface area (Å²) < 4.78 is 7.81. The van der Waals surface area contributed by atoms with Crippen LogP contribution in [-0.2, 0) is 17.9 Å². The summed E-state index contributed by atoms with van der Waals surface area (Å²) in [6.07, 6.45) is -0.107. The van der Waals surface area contributed by atoms with Crippen LogP contribution in [0.2, 0.25) is 0 Å². The van der Waals surface area contributed by atoms with Gasteiger partial charge in [-0.05, 0) is 23.9 Å². The highest BCUT2D eigenvalue weighted by atomic mass is 32.1. The summed E-state index contributed by atoms with van der Waals surface area (Å²) >= 11 is 1.51. The number of aromatic nitrogens is 3. The number of thiophene rings is 1. The standard InChI is InChI=1S/C22H23N5O3S/c1-15-2-4-16(5-3-15)19-12-27-18(13-30-19)20(23-24-27)22(29)26-9-7-25(8-10-26)21(28)17-6-11-31-14-17/h2-6,11,14,19H,7-10,12-13H2,1H3/t19-/m0/s1. The molecule has 0 spiro atoms. The van der Waals surface area contributed by atoms with Gasteiger partial charge in [0.15, 0.2) is 5.69 Å². The van der Waals surface area contributed by atoms with Crippen molar-refractivity contribution < 1.29 is 14.3 Å². The number of aryl methyl sites for hydroxylation is 1. The van der Waals surface area contributed by atoms with Crippen LogP contribution in [0.4, 0.5) is 0 Å². The van der Waals surface area contributed by atoms with E-state index in [0.717, 1.165) is 5.56 Å². The normalized spacial score (nSPS) is 18.7. The molecule has 160 valence electrons. The van der Waals surface area contributed by atoms with E-state index in [-0.39, 0.29) is 17.9 Å². The van der Waals surface area contributed by atoms with Crippen LogP contribution in [0.1, 0.15) is 43.8 Å². The van der Waals surface area contributed by atoms with Crippen LogP contribution in [0.25, 0.3) is 0 Å². The fourth-order valence-electron chi connectivity index (χ4n) is 3.99. The number of benzene rings is 1. The van der Waals surface area contributed by atoms with Crippen molar-refractivity contribution in [2.75, 3.05) is 26.2 Å². The third kappa shape index (κ3) is 3.86. The van der Waals surface area contributed by atoms with Gasteiger partial charge in [0.25, 0.3) is 11.8 Å². The second-order valence-corrected chi connectivity index (χ2v) is 8.65. The minimum Gasteiger partial charge on any atom is -0.365 e. The van der Waals surface area contributed by atoms with Gasteiger partial charge in [0, 0.05) is 31.6 Å². The topological polar surface area (TPSA) is 80.6 Å². The van der Waals surface area contributed by atoms with Crippen LogP contribution >= 0.6 is 11.3 Å². The van der Waals surface area contributed by atoms with Crippen LogP contribution in [0.3, 0.4) is 0 Å². The maximum Gasteiger partial charge on any atom is 0.276 e. The molecule has 5 rings (SSSR count). The Hall–Kier alpha value is -3.04. The van der Waals surface area contributed by atoms with Gasteiger partial charge >= 0.3 is 0 Å². The lowest BCUT2D eigenvalue weighted by Crippen LogP contribution is -2.50. The number of fused-ring (bicyclic) bond motifs is 1. The summed E-state index contributed by atoms with van der Waals surface area (Å²) in [7, 11) is 0. The van der Waals surface area contributed by atoms with E-state index >= 15 is 0 Å². The van der Waals surface area contributed by atoms with Crippen LogP contribution < -0.4 is 0 Å². The van der Waals surface area contributed by atoms with Gasteiger partial charge in [-0.15, -0.1) is 5.10 Å². The Morgan fingerprint density at radius 3 is 2.42 bits per heavy atom. The Morgan fingerprint density at radius 2 is 1.74 bits per heavy atom. The van der Waals surface area contributed by atoms with E-state index in [2.05, 4.69) is 41.5 Å². The van der Waals surface area contributed by atoms with Crippen molar-refractivity contribution >= 4 is 23.2 Å². The largest absolute Gasteiger partial charge is 0.365 e. The summed E-state index contributed by atoms with van der Waals surface area (Å²) in [5.41, 5.74) is 4.06. The lowest BCUT2D eigenvalue weighted by Gasteiger charge is -2.34. The second kappa shape index (κ2) is 8.24. The highest BCUT2D eigenvalue weighted by Gasteiger charge is 2.32. The van der Waals surface area contributed by atoms with Crippen molar-refractivity contribution in [3.05, 3.63) is 69.2 Å². The number of amides is 2. The summed E-state index contributed by atoms with van der Waals surface area (Å²) in [5, 5.41) is 12.1. The van der Waals surface area contributed by atoms with E-state index < -0.39 is 0 Å². The Kier molecular flexibility index (Phi) is 5.29. The Balaban J connectivity index is 1.24. The molecule has 4 heterocycles. The molecule has 1 atom stereocenters. The summed E-state index contributed by atoms with van der Waals surface area (Å²) in [6.45, 7) is 4.86. The lowest BCUT2D eigenvalue weighted by molar-refractivity contribution is -0.00203. The van der Waals surface area contributed by atoms with Crippen molar-refractivity contribution in [1.29, 1.82) is 0 Å². The Morgan fingerprint density at radius 1 is 1.03 bits per heavy atom. The fraction of sp³-hybridized carbons (Fsp3) is 0.364. The molecule has 2 aromatic heterocycles. The van der Waals surface area contributed by atoms with Gasteiger partial charge < -0.3 is 14.5 Å². The molecule has 2 aliphatic rings. The average molecular weight is 438 g/mol. The summed E-state index contributed by atoms with van der Waals surface area (Å²) in [4.78, 5) is 29.1. The number of hydrogen-bond donors (Lipinski definition) is 0. The first-order valence-corrected chi connectivity index (χ1v) is 11.3. The van der Waals surface area contributed by atoms with Gasteiger partial charge in [-0.3, -0.25) is 9.59 Å². The molecule has 0 unspecified atom stereocenters. The zero-order valence-electron chi connectivity index (χ0n) is 17.2. The maximum atomic E-state index is 13.1. The van der Waals surface area contributed by atoms with Crippen LogP contribution in [0, 0.1) is 6.92 Å². The third-order valence-corrected chi connectivity index (χ3v) is 6.55. The van der Waals surface area contributed by atoms with Crippen LogP contribution in [0.5, 0.6) is 0 Å². The zero-order chi connectivity index (χ0) is 21.4. The quantitative estimate of drug-likeness (QED) is 0.629. The highest BCUT2D eigenvalue weighted by Crippen LogP contribution is 2.27. The smallest absolute Gasteiger partial charge is 0.276 e. The fourth-order valence-corrected chi connectivity index (χ4v) is 4.62. The predicted octanol–water partition coefficient (Wildman–Crippen LogP) is 2.52. The molecule has 0 aliphatic carbocycles. The first-order chi connectivity index (χ1) is 15.1. The monoisotopic (exact) mass is 437 g/mol. The molecule has 0 saturated carbocycles.